The number of amides is 1. The first-order valence-corrected chi connectivity index (χ1v) is 7.47. The van der Waals surface area contributed by atoms with Crippen molar-refractivity contribution < 1.29 is 4.79 Å². The topological polar surface area (TPSA) is 20.3 Å². The highest BCUT2D eigenvalue weighted by Gasteiger charge is 2.40. The molecule has 0 saturated heterocycles. The highest BCUT2D eigenvalue weighted by atomic mass is 16.2. The van der Waals surface area contributed by atoms with Gasteiger partial charge in [-0.05, 0) is 36.6 Å². The van der Waals surface area contributed by atoms with Crippen LogP contribution in [0.25, 0.3) is 5.70 Å². The number of rotatable bonds is 1. The summed E-state index contributed by atoms with van der Waals surface area (Å²) >= 11 is 0. The zero-order chi connectivity index (χ0) is 14.6. The Morgan fingerprint density at radius 2 is 1.67 bits per heavy atom. The van der Waals surface area contributed by atoms with Crippen LogP contribution in [0.5, 0.6) is 0 Å². The molecule has 0 aliphatic carbocycles. The Balaban J connectivity index is 2.05. The number of anilines is 1. The molecule has 2 aliphatic heterocycles. The van der Waals surface area contributed by atoms with Crippen molar-refractivity contribution in [2.45, 2.75) is 26.2 Å². The third-order valence-corrected chi connectivity index (χ3v) is 4.70. The van der Waals surface area contributed by atoms with Crippen LogP contribution in [0.1, 0.15) is 47.7 Å². The molecule has 2 aromatic carbocycles. The first-order chi connectivity index (χ1) is 10.2. The lowest BCUT2D eigenvalue weighted by Gasteiger charge is -2.33. The molecule has 0 fully saturated rings. The van der Waals surface area contributed by atoms with Crippen LogP contribution >= 0.6 is 0 Å². The average molecular weight is 275 g/mol. The quantitative estimate of drug-likeness (QED) is 0.745. The van der Waals surface area contributed by atoms with E-state index in [2.05, 4.69) is 38.1 Å². The Labute approximate surface area is 124 Å². The van der Waals surface area contributed by atoms with Gasteiger partial charge in [0.25, 0.3) is 5.91 Å². The van der Waals surface area contributed by atoms with Crippen molar-refractivity contribution in [1.82, 2.24) is 0 Å². The summed E-state index contributed by atoms with van der Waals surface area (Å²) in [5.74, 6) is 0.494. The molecule has 1 amide bonds. The normalized spacial score (nSPS) is 19.4. The van der Waals surface area contributed by atoms with Crippen LogP contribution in [0.2, 0.25) is 0 Å². The van der Waals surface area contributed by atoms with Crippen LogP contribution in [-0.4, -0.2) is 5.91 Å². The zero-order valence-corrected chi connectivity index (χ0v) is 12.3. The van der Waals surface area contributed by atoms with E-state index in [1.807, 2.05) is 29.2 Å². The standard InChI is InChI=1S/C19H17NO/c1-3-13-12(2)18-15-9-4-5-10-16(15)19(21)20(18)17-11-7-6-8-14(13)17/h4-11,13H,3H2,1-2H3. The monoisotopic (exact) mass is 275 g/mol. The van der Waals surface area contributed by atoms with Crippen molar-refractivity contribution in [1.29, 1.82) is 0 Å². The van der Waals surface area contributed by atoms with E-state index in [0.29, 0.717) is 5.92 Å². The van der Waals surface area contributed by atoms with E-state index in [1.165, 1.54) is 11.1 Å². The second kappa shape index (κ2) is 4.32. The molecular formula is C19H17NO. The summed E-state index contributed by atoms with van der Waals surface area (Å²) in [7, 11) is 0. The highest BCUT2D eigenvalue weighted by Crippen LogP contribution is 2.49. The van der Waals surface area contributed by atoms with Gasteiger partial charge in [-0.3, -0.25) is 9.69 Å². The first kappa shape index (κ1) is 12.4. The van der Waals surface area contributed by atoms with Gasteiger partial charge in [0.2, 0.25) is 0 Å². The highest BCUT2D eigenvalue weighted by molar-refractivity contribution is 6.23. The molecule has 2 heterocycles. The predicted molar refractivity (Wildman–Crippen MR) is 85.3 cm³/mol. The number of hydrogen-bond acceptors (Lipinski definition) is 1. The molecule has 104 valence electrons. The maximum absolute atomic E-state index is 12.8. The summed E-state index contributed by atoms with van der Waals surface area (Å²) in [6, 6.07) is 16.2. The van der Waals surface area contributed by atoms with E-state index >= 15 is 0 Å². The Morgan fingerprint density at radius 1 is 1.00 bits per heavy atom. The molecule has 2 aliphatic rings. The molecular weight excluding hydrogens is 258 g/mol. The minimum Gasteiger partial charge on any atom is -0.276 e. The predicted octanol–water partition coefficient (Wildman–Crippen LogP) is 4.59. The van der Waals surface area contributed by atoms with Gasteiger partial charge in [-0.2, -0.15) is 0 Å². The van der Waals surface area contributed by atoms with Crippen molar-refractivity contribution in [3.63, 3.8) is 0 Å². The van der Waals surface area contributed by atoms with Crippen molar-refractivity contribution >= 4 is 17.3 Å². The Bertz CT molecular complexity index is 788. The third-order valence-electron chi connectivity index (χ3n) is 4.70. The summed E-state index contributed by atoms with van der Waals surface area (Å²) in [4.78, 5) is 14.7. The summed E-state index contributed by atoms with van der Waals surface area (Å²) < 4.78 is 0. The van der Waals surface area contributed by atoms with Crippen LogP contribution in [0.3, 0.4) is 0 Å². The maximum Gasteiger partial charge on any atom is 0.263 e. The number of fused-ring (bicyclic) bond motifs is 5. The molecule has 1 atom stereocenters. The number of hydrogen-bond donors (Lipinski definition) is 0. The van der Waals surface area contributed by atoms with Gasteiger partial charge in [-0.1, -0.05) is 43.3 Å². The fourth-order valence-corrected chi connectivity index (χ4v) is 3.75. The van der Waals surface area contributed by atoms with E-state index in [0.717, 1.165) is 28.9 Å². The van der Waals surface area contributed by atoms with Crippen LogP contribution in [0.15, 0.2) is 54.1 Å². The third kappa shape index (κ3) is 1.50. The molecule has 0 radical (unpaired) electrons. The SMILES string of the molecule is CCC1C(C)=C2c3ccccc3C(=O)N2c2ccccc21. The number of allylic oxidation sites excluding steroid dienone is 1. The molecule has 0 spiro atoms. The lowest BCUT2D eigenvalue weighted by molar-refractivity contribution is 0.100. The lowest BCUT2D eigenvalue weighted by atomic mass is 9.83. The number of nitrogens with zero attached hydrogens (tertiary/aromatic N) is 1. The van der Waals surface area contributed by atoms with Crippen LogP contribution in [0, 0.1) is 0 Å². The molecule has 0 saturated carbocycles. The number of carbonyl (C=O) groups is 1. The first-order valence-electron chi connectivity index (χ1n) is 7.47. The van der Waals surface area contributed by atoms with Gasteiger partial charge < -0.3 is 0 Å². The van der Waals surface area contributed by atoms with Crippen LogP contribution in [0.4, 0.5) is 5.69 Å². The van der Waals surface area contributed by atoms with Gasteiger partial charge in [0.1, 0.15) is 0 Å². The molecule has 2 heteroatoms. The Kier molecular flexibility index (Phi) is 2.55. The summed E-state index contributed by atoms with van der Waals surface area (Å²) in [6.07, 6.45) is 1.05. The van der Waals surface area contributed by atoms with Gasteiger partial charge in [-0.15, -0.1) is 0 Å². The van der Waals surface area contributed by atoms with Crippen LogP contribution < -0.4 is 4.90 Å². The Morgan fingerprint density at radius 3 is 2.43 bits per heavy atom. The fraction of sp³-hybridized carbons (Fsp3) is 0.211. The molecule has 2 nitrogen and oxygen atoms in total. The minimum atomic E-state index is 0.0990. The second-order valence-corrected chi connectivity index (χ2v) is 5.74. The second-order valence-electron chi connectivity index (χ2n) is 5.74. The lowest BCUT2D eigenvalue weighted by Crippen LogP contribution is -2.28. The van der Waals surface area contributed by atoms with Crippen molar-refractivity contribution in [3.05, 3.63) is 70.8 Å². The fourth-order valence-electron chi connectivity index (χ4n) is 3.75. The molecule has 0 bridgehead atoms. The van der Waals surface area contributed by atoms with Gasteiger partial charge >= 0.3 is 0 Å². The van der Waals surface area contributed by atoms with Crippen LogP contribution in [-0.2, 0) is 0 Å². The molecule has 1 unspecified atom stereocenters. The number of carbonyl (C=O) groups excluding carboxylic acids is 1. The van der Waals surface area contributed by atoms with E-state index in [9.17, 15) is 4.79 Å². The summed E-state index contributed by atoms with van der Waals surface area (Å²) in [5, 5.41) is 0. The number of para-hydroxylation sites is 1. The van der Waals surface area contributed by atoms with E-state index in [-0.39, 0.29) is 5.91 Å². The number of benzene rings is 2. The molecule has 0 aromatic heterocycles. The minimum absolute atomic E-state index is 0.0990. The van der Waals surface area contributed by atoms with Gasteiger partial charge in [0.15, 0.2) is 0 Å². The van der Waals surface area contributed by atoms with Gasteiger partial charge in [-0.25, -0.2) is 0 Å². The maximum atomic E-state index is 12.8. The van der Waals surface area contributed by atoms with Crippen molar-refractivity contribution in [2.24, 2.45) is 0 Å². The van der Waals surface area contributed by atoms with E-state index in [1.54, 1.807) is 0 Å². The molecule has 4 rings (SSSR count). The van der Waals surface area contributed by atoms with Gasteiger partial charge in [0, 0.05) is 17.0 Å². The van der Waals surface area contributed by atoms with Crippen molar-refractivity contribution in [2.75, 3.05) is 4.90 Å². The summed E-state index contributed by atoms with van der Waals surface area (Å²) in [5.41, 5.74) is 6.61. The molecule has 21 heavy (non-hydrogen) atoms. The van der Waals surface area contributed by atoms with Crippen molar-refractivity contribution in [3.8, 4) is 0 Å². The average Bonchev–Trinajstić information content (AvgIpc) is 2.82. The van der Waals surface area contributed by atoms with Gasteiger partial charge in [0.05, 0.1) is 11.4 Å². The molecule has 0 N–H and O–H groups in total. The zero-order valence-electron chi connectivity index (χ0n) is 12.3. The smallest absolute Gasteiger partial charge is 0.263 e. The van der Waals surface area contributed by atoms with E-state index < -0.39 is 0 Å². The van der Waals surface area contributed by atoms with E-state index in [4.69, 9.17) is 0 Å². The summed E-state index contributed by atoms with van der Waals surface area (Å²) in [6.45, 7) is 4.38. The molecule has 2 aromatic rings. The Hall–Kier alpha value is -2.35. The largest absolute Gasteiger partial charge is 0.276 e.